The average molecular weight is 496 g/mol. The maximum absolute atomic E-state index is 13.3. The number of benzene rings is 3. The van der Waals surface area contributed by atoms with Gasteiger partial charge in [0.15, 0.2) is 0 Å². The van der Waals surface area contributed by atoms with Crippen LogP contribution in [0.1, 0.15) is 30.9 Å². The van der Waals surface area contributed by atoms with E-state index in [1.54, 1.807) is 0 Å². The van der Waals surface area contributed by atoms with Gasteiger partial charge in [-0.2, -0.15) is 0 Å². The molecule has 0 bridgehead atoms. The van der Waals surface area contributed by atoms with Crippen molar-refractivity contribution in [2.75, 3.05) is 50.7 Å². The number of piperidine rings is 1. The molecule has 2 heterocycles. The van der Waals surface area contributed by atoms with Gasteiger partial charge in [-0.15, -0.1) is 0 Å². The van der Waals surface area contributed by atoms with Crippen molar-refractivity contribution >= 4 is 11.6 Å². The fraction of sp³-hybridized carbons (Fsp3) is 0.424. The van der Waals surface area contributed by atoms with Crippen LogP contribution < -0.4 is 4.90 Å². The second-order valence-corrected chi connectivity index (χ2v) is 11.0. The van der Waals surface area contributed by atoms with E-state index in [1.165, 1.54) is 17.5 Å². The summed E-state index contributed by atoms with van der Waals surface area (Å²) in [5, 5.41) is 0. The molecule has 2 aliphatic rings. The van der Waals surface area contributed by atoms with E-state index in [9.17, 15) is 4.79 Å². The van der Waals surface area contributed by atoms with Crippen LogP contribution in [0.25, 0.3) is 0 Å². The van der Waals surface area contributed by atoms with Gasteiger partial charge in [-0.3, -0.25) is 4.79 Å². The summed E-state index contributed by atoms with van der Waals surface area (Å²) in [6, 6.07) is 32.0. The van der Waals surface area contributed by atoms with Gasteiger partial charge in [0.2, 0.25) is 5.91 Å². The van der Waals surface area contributed by atoms with Crippen molar-refractivity contribution in [1.82, 2.24) is 9.80 Å². The van der Waals surface area contributed by atoms with E-state index >= 15 is 0 Å². The molecule has 3 aromatic carbocycles. The summed E-state index contributed by atoms with van der Waals surface area (Å²) < 4.78 is 0. The maximum atomic E-state index is 13.3. The SMILES string of the molecule is CCC(=O)N(CC12CN(CCc3ccccc3)CCC1CN(CCc1ccccc1)C2)c1ccccc1. The molecular formula is C33H41N3O. The Hall–Kier alpha value is -2.95. The van der Waals surface area contributed by atoms with Crippen molar-refractivity contribution in [3.05, 3.63) is 102 Å². The van der Waals surface area contributed by atoms with Crippen molar-refractivity contribution in [3.8, 4) is 0 Å². The van der Waals surface area contributed by atoms with E-state index < -0.39 is 0 Å². The highest BCUT2D eigenvalue weighted by Gasteiger charge is 2.50. The molecule has 37 heavy (non-hydrogen) atoms. The molecule has 0 spiro atoms. The summed E-state index contributed by atoms with van der Waals surface area (Å²) in [6.07, 6.45) is 3.90. The zero-order chi connectivity index (χ0) is 25.5. The normalized spacial score (nSPS) is 22.0. The first-order chi connectivity index (χ1) is 18.1. The minimum absolute atomic E-state index is 0.0896. The van der Waals surface area contributed by atoms with Gasteiger partial charge in [0, 0.05) is 56.8 Å². The standard InChI is InChI=1S/C33H41N3O/c1-2-32(37)36(31-16-10-5-11-17-31)27-33-25-34(21-18-28-12-6-3-7-13-28)23-20-30(33)24-35(26-33)22-19-29-14-8-4-9-15-29/h3-17,30H,2,18-27H2,1H3. The van der Waals surface area contributed by atoms with Crippen molar-refractivity contribution < 1.29 is 4.79 Å². The molecule has 2 aliphatic heterocycles. The number of hydrogen-bond donors (Lipinski definition) is 0. The number of rotatable bonds is 10. The first-order valence-corrected chi connectivity index (χ1v) is 14.0. The Balaban J connectivity index is 1.35. The third-order valence-electron chi connectivity index (χ3n) is 8.48. The summed E-state index contributed by atoms with van der Waals surface area (Å²) in [6.45, 7) is 9.37. The van der Waals surface area contributed by atoms with Crippen molar-refractivity contribution in [1.29, 1.82) is 0 Å². The lowest BCUT2D eigenvalue weighted by Crippen LogP contribution is -2.55. The third kappa shape index (κ3) is 6.31. The molecule has 5 rings (SSSR count). The smallest absolute Gasteiger partial charge is 0.226 e. The molecular weight excluding hydrogens is 454 g/mol. The number of para-hydroxylation sites is 1. The van der Waals surface area contributed by atoms with Crippen molar-refractivity contribution in [2.24, 2.45) is 11.3 Å². The molecule has 2 atom stereocenters. The van der Waals surface area contributed by atoms with Gasteiger partial charge >= 0.3 is 0 Å². The Morgan fingerprint density at radius 3 is 1.95 bits per heavy atom. The van der Waals surface area contributed by atoms with E-state index in [0.717, 1.165) is 64.3 Å². The number of nitrogens with zero attached hydrogens (tertiary/aromatic N) is 3. The molecule has 2 unspecified atom stereocenters. The Bertz CT molecular complexity index is 1080. The van der Waals surface area contributed by atoms with Gasteiger partial charge in [-0.1, -0.05) is 85.8 Å². The van der Waals surface area contributed by atoms with Crippen LogP contribution in [0.5, 0.6) is 0 Å². The van der Waals surface area contributed by atoms with Gasteiger partial charge in [0.25, 0.3) is 0 Å². The summed E-state index contributed by atoms with van der Waals surface area (Å²) in [5.74, 6) is 0.843. The summed E-state index contributed by atoms with van der Waals surface area (Å²) in [7, 11) is 0. The number of carbonyl (C=O) groups excluding carboxylic acids is 1. The van der Waals surface area contributed by atoms with Crippen LogP contribution in [0.4, 0.5) is 5.69 Å². The number of hydrogen-bond acceptors (Lipinski definition) is 3. The van der Waals surface area contributed by atoms with Gasteiger partial charge in [-0.25, -0.2) is 0 Å². The zero-order valence-corrected chi connectivity index (χ0v) is 22.3. The quantitative estimate of drug-likeness (QED) is 0.370. The largest absolute Gasteiger partial charge is 0.312 e. The highest BCUT2D eigenvalue weighted by Crippen LogP contribution is 2.43. The zero-order valence-electron chi connectivity index (χ0n) is 22.3. The number of fused-ring (bicyclic) bond motifs is 1. The summed E-state index contributed by atoms with van der Waals surface area (Å²) in [4.78, 5) is 20.7. The topological polar surface area (TPSA) is 26.8 Å². The monoisotopic (exact) mass is 495 g/mol. The average Bonchev–Trinajstić information content (AvgIpc) is 3.32. The van der Waals surface area contributed by atoms with Crippen LogP contribution in [0, 0.1) is 11.3 Å². The lowest BCUT2D eigenvalue weighted by atomic mass is 9.72. The van der Waals surface area contributed by atoms with Crippen LogP contribution in [0.3, 0.4) is 0 Å². The molecule has 0 aliphatic carbocycles. The second-order valence-electron chi connectivity index (χ2n) is 11.0. The molecule has 2 saturated heterocycles. The number of likely N-dealkylation sites (tertiary alicyclic amines) is 2. The number of carbonyl (C=O) groups is 1. The minimum Gasteiger partial charge on any atom is -0.312 e. The highest BCUT2D eigenvalue weighted by molar-refractivity contribution is 5.93. The Kier molecular flexibility index (Phi) is 8.38. The molecule has 0 saturated carbocycles. The van der Waals surface area contributed by atoms with Crippen LogP contribution >= 0.6 is 0 Å². The van der Waals surface area contributed by atoms with E-state index in [4.69, 9.17) is 0 Å². The Morgan fingerprint density at radius 2 is 1.35 bits per heavy atom. The van der Waals surface area contributed by atoms with Crippen LogP contribution in [0.15, 0.2) is 91.0 Å². The second kappa shape index (κ2) is 12.1. The number of anilines is 1. The Labute approximate surface area is 222 Å². The molecule has 0 N–H and O–H groups in total. The predicted molar refractivity (Wildman–Crippen MR) is 153 cm³/mol. The van der Waals surface area contributed by atoms with Crippen LogP contribution in [-0.4, -0.2) is 61.5 Å². The van der Waals surface area contributed by atoms with Gasteiger partial charge < -0.3 is 14.7 Å². The molecule has 0 radical (unpaired) electrons. The highest BCUT2D eigenvalue weighted by atomic mass is 16.2. The van der Waals surface area contributed by atoms with E-state index in [1.807, 2.05) is 25.1 Å². The van der Waals surface area contributed by atoms with Crippen molar-refractivity contribution in [2.45, 2.75) is 32.6 Å². The molecule has 0 aromatic heterocycles. The molecule has 2 fully saturated rings. The van der Waals surface area contributed by atoms with E-state index in [-0.39, 0.29) is 11.3 Å². The molecule has 194 valence electrons. The van der Waals surface area contributed by atoms with Gasteiger partial charge in [0.1, 0.15) is 0 Å². The number of amides is 1. The fourth-order valence-electron chi connectivity index (χ4n) is 6.47. The first-order valence-electron chi connectivity index (χ1n) is 14.0. The predicted octanol–water partition coefficient (Wildman–Crippen LogP) is 5.54. The van der Waals surface area contributed by atoms with E-state index in [0.29, 0.717) is 12.3 Å². The molecule has 4 nitrogen and oxygen atoms in total. The lowest BCUT2D eigenvalue weighted by molar-refractivity contribution is -0.118. The van der Waals surface area contributed by atoms with Crippen LogP contribution in [0.2, 0.25) is 0 Å². The summed E-state index contributed by atoms with van der Waals surface area (Å²) >= 11 is 0. The maximum Gasteiger partial charge on any atom is 0.226 e. The molecule has 4 heteroatoms. The molecule has 1 amide bonds. The minimum atomic E-state index is 0.0896. The van der Waals surface area contributed by atoms with Gasteiger partial charge in [-0.05, 0) is 55.0 Å². The lowest BCUT2D eigenvalue weighted by Gasteiger charge is -2.46. The third-order valence-corrected chi connectivity index (χ3v) is 8.48. The van der Waals surface area contributed by atoms with Gasteiger partial charge in [0.05, 0.1) is 0 Å². The molecule has 3 aromatic rings. The van der Waals surface area contributed by atoms with Crippen molar-refractivity contribution in [3.63, 3.8) is 0 Å². The summed E-state index contributed by atoms with van der Waals surface area (Å²) in [5.41, 5.74) is 3.93. The first kappa shape index (κ1) is 25.7. The van der Waals surface area contributed by atoms with Crippen LogP contribution in [-0.2, 0) is 17.6 Å². The fourth-order valence-corrected chi connectivity index (χ4v) is 6.47. The Morgan fingerprint density at radius 1 is 0.811 bits per heavy atom. The van der Waals surface area contributed by atoms with E-state index in [2.05, 4.69) is 87.5 Å².